The van der Waals surface area contributed by atoms with E-state index >= 15 is 0 Å². The normalized spacial score (nSPS) is 9.92. The van der Waals surface area contributed by atoms with E-state index in [0.29, 0.717) is 15.7 Å². The first-order chi connectivity index (χ1) is 5.59. The molecule has 1 aromatic rings. The number of hydrogen-bond acceptors (Lipinski definition) is 2. The van der Waals surface area contributed by atoms with Crippen LogP contribution >= 0.6 is 34.8 Å². The van der Waals surface area contributed by atoms with Gasteiger partial charge in [-0.1, -0.05) is 23.2 Å². The molecule has 0 aliphatic heterocycles. The molecule has 5 heteroatoms. The van der Waals surface area contributed by atoms with Crippen molar-refractivity contribution in [2.24, 2.45) is 0 Å². The molecule has 0 saturated heterocycles. The molecule has 0 unspecified atom stereocenters. The van der Waals surface area contributed by atoms with Gasteiger partial charge in [0.1, 0.15) is 5.15 Å². The molecule has 1 aromatic heterocycles. The summed E-state index contributed by atoms with van der Waals surface area (Å²) in [7, 11) is 0. The summed E-state index contributed by atoms with van der Waals surface area (Å²) >= 11 is 16.4. The molecule has 0 radical (unpaired) electrons. The number of pyridine rings is 1. The van der Waals surface area contributed by atoms with Gasteiger partial charge in [-0.15, -0.1) is 0 Å². The number of aromatic nitrogens is 1. The topological polar surface area (TPSA) is 30.0 Å². The lowest BCUT2D eigenvalue weighted by atomic mass is 10.2. The number of carbonyl (C=O) groups is 1. The van der Waals surface area contributed by atoms with Gasteiger partial charge in [-0.3, -0.25) is 4.79 Å². The van der Waals surface area contributed by atoms with Crippen LogP contribution in [0.25, 0.3) is 0 Å². The Kier molecular flexibility index (Phi) is 3.32. The molecular weight excluding hydrogens is 220 g/mol. The Morgan fingerprint density at radius 3 is 2.67 bits per heavy atom. The highest BCUT2D eigenvalue weighted by atomic mass is 35.5. The molecule has 1 heterocycles. The van der Waals surface area contributed by atoms with Crippen molar-refractivity contribution >= 4 is 40.0 Å². The molecule has 0 aromatic carbocycles. The summed E-state index contributed by atoms with van der Waals surface area (Å²) in [5.41, 5.74) is 0.584. The van der Waals surface area contributed by atoms with Gasteiger partial charge in [0.05, 0.1) is 0 Å². The van der Waals surface area contributed by atoms with Crippen molar-refractivity contribution in [3.8, 4) is 0 Å². The minimum atomic E-state index is -0.471. The van der Waals surface area contributed by atoms with E-state index in [4.69, 9.17) is 34.8 Å². The number of carbonyl (C=O) groups excluding carboxylic acids is 1. The van der Waals surface area contributed by atoms with Gasteiger partial charge in [-0.25, -0.2) is 4.98 Å². The summed E-state index contributed by atoms with van der Waals surface area (Å²) in [4.78, 5) is 14.3. The molecule has 0 aliphatic carbocycles. The zero-order valence-electron chi connectivity index (χ0n) is 5.85. The third-order valence-electron chi connectivity index (χ3n) is 1.23. The van der Waals surface area contributed by atoms with Crippen molar-refractivity contribution < 1.29 is 4.79 Å². The van der Waals surface area contributed by atoms with Crippen molar-refractivity contribution in [3.63, 3.8) is 0 Å². The summed E-state index contributed by atoms with van der Waals surface area (Å²) in [5, 5.41) is 0.232. The van der Waals surface area contributed by atoms with Gasteiger partial charge in [0.15, 0.2) is 0 Å². The molecule has 0 saturated carbocycles. The SMILES string of the molecule is O=C(Cl)Cc1cnc(Cl)cc1Cl. The highest BCUT2D eigenvalue weighted by Gasteiger charge is 2.05. The van der Waals surface area contributed by atoms with E-state index in [1.807, 2.05) is 0 Å². The summed E-state index contributed by atoms with van der Waals surface area (Å²) in [5.74, 6) is 0. The third-order valence-corrected chi connectivity index (χ3v) is 1.92. The molecule has 2 nitrogen and oxygen atoms in total. The van der Waals surface area contributed by atoms with Crippen molar-refractivity contribution in [3.05, 3.63) is 28.0 Å². The quantitative estimate of drug-likeness (QED) is 0.571. The van der Waals surface area contributed by atoms with E-state index in [2.05, 4.69) is 4.98 Å². The molecule has 1 rings (SSSR count). The predicted molar refractivity (Wildman–Crippen MR) is 48.8 cm³/mol. The lowest BCUT2D eigenvalue weighted by Crippen LogP contribution is -1.95. The van der Waals surface area contributed by atoms with Gasteiger partial charge in [-0.2, -0.15) is 0 Å². The van der Waals surface area contributed by atoms with Crippen molar-refractivity contribution in [1.82, 2.24) is 4.98 Å². The fraction of sp³-hybridized carbons (Fsp3) is 0.143. The summed E-state index contributed by atoms with van der Waals surface area (Å²) in [6, 6.07) is 1.47. The van der Waals surface area contributed by atoms with E-state index < -0.39 is 5.24 Å². The standard InChI is InChI=1S/C7H4Cl3NO/c8-5-2-6(9)11-3-4(5)1-7(10)12/h2-3H,1H2. The second-order valence-electron chi connectivity index (χ2n) is 2.13. The number of hydrogen-bond donors (Lipinski definition) is 0. The summed E-state index contributed by atoms with van der Waals surface area (Å²) in [6.45, 7) is 0. The fourth-order valence-electron chi connectivity index (χ4n) is 0.716. The van der Waals surface area contributed by atoms with E-state index in [0.717, 1.165) is 0 Å². The molecule has 12 heavy (non-hydrogen) atoms. The first kappa shape index (κ1) is 9.78. The molecule has 64 valence electrons. The maximum atomic E-state index is 10.5. The predicted octanol–water partition coefficient (Wildman–Crippen LogP) is 2.70. The molecule has 0 aliphatic rings. The van der Waals surface area contributed by atoms with Crippen LogP contribution in [0.15, 0.2) is 12.3 Å². The van der Waals surface area contributed by atoms with Gasteiger partial charge in [-0.05, 0) is 23.2 Å². The molecule has 0 N–H and O–H groups in total. The van der Waals surface area contributed by atoms with E-state index in [-0.39, 0.29) is 6.42 Å². The molecule has 0 amide bonds. The Bertz CT molecular complexity index is 314. The Hall–Kier alpha value is -0.310. The van der Waals surface area contributed by atoms with Crippen LogP contribution in [0.4, 0.5) is 0 Å². The highest BCUT2D eigenvalue weighted by molar-refractivity contribution is 6.63. The number of rotatable bonds is 2. The van der Waals surface area contributed by atoms with E-state index in [1.165, 1.54) is 12.3 Å². The van der Waals surface area contributed by atoms with Crippen molar-refractivity contribution in [1.29, 1.82) is 0 Å². The molecule has 0 fully saturated rings. The Morgan fingerprint density at radius 1 is 1.50 bits per heavy atom. The van der Waals surface area contributed by atoms with Crippen LogP contribution in [0.1, 0.15) is 5.56 Å². The lowest BCUT2D eigenvalue weighted by molar-refractivity contribution is -0.111. The Balaban J connectivity index is 2.93. The van der Waals surface area contributed by atoms with Gasteiger partial charge >= 0.3 is 0 Å². The van der Waals surface area contributed by atoms with Crippen LogP contribution < -0.4 is 0 Å². The molecular formula is C7H4Cl3NO. The maximum absolute atomic E-state index is 10.5. The van der Waals surface area contributed by atoms with Crippen molar-refractivity contribution in [2.45, 2.75) is 6.42 Å². The van der Waals surface area contributed by atoms with E-state index in [1.54, 1.807) is 0 Å². The monoisotopic (exact) mass is 223 g/mol. The number of halogens is 3. The third kappa shape index (κ3) is 2.63. The Labute approximate surface area is 84.5 Å². The maximum Gasteiger partial charge on any atom is 0.226 e. The molecule has 0 spiro atoms. The average molecular weight is 224 g/mol. The first-order valence-electron chi connectivity index (χ1n) is 3.08. The number of nitrogens with zero attached hydrogens (tertiary/aromatic N) is 1. The average Bonchev–Trinajstić information content (AvgIpc) is 1.94. The largest absolute Gasteiger partial charge is 0.281 e. The fourth-order valence-corrected chi connectivity index (χ4v) is 1.29. The van der Waals surface area contributed by atoms with Crippen LogP contribution in [0.3, 0.4) is 0 Å². The van der Waals surface area contributed by atoms with Crippen molar-refractivity contribution in [2.75, 3.05) is 0 Å². The zero-order chi connectivity index (χ0) is 9.14. The minimum absolute atomic E-state index is 0.0740. The minimum Gasteiger partial charge on any atom is -0.281 e. The van der Waals surface area contributed by atoms with Gasteiger partial charge in [0.2, 0.25) is 5.24 Å². The second kappa shape index (κ2) is 4.08. The van der Waals surface area contributed by atoms with Crippen LogP contribution in [0.2, 0.25) is 10.2 Å². The molecule has 0 bridgehead atoms. The lowest BCUT2D eigenvalue weighted by Gasteiger charge is -1.99. The summed E-state index contributed by atoms with van der Waals surface area (Å²) < 4.78 is 0. The zero-order valence-corrected chi connectivity index (χ0v) is 8.12. The highest BCUT2D eigenvalue weighted by Crippen LogP contribution is 2.19. The van der Waals surface area contributed by atoms with Crippen LogP contribution in [0.5, 0.6) is 0 Å². The second-order valence-corrected chi connectivity index (χ2v) is 3.35. The van der Waals surface area contributed by atoms with Crippen LogP contribution in [0, 0.1) is 0 Å². The van der Waals surface area contributed by atoms with Gasteiger partial charge in [0, 0.05) is 17.6 Å². The van der Waals surface area contributed by atoms with Gasteiger partial charge < -0.3 is 0 Å². The molecule has 0 atom stereocenters. The van der Waals surface area contributed by atoms with Crippen LogP contribution in [-0.2, 0) is 11.2 Å². The summed E-state index contributed by atoms with van der Waals surface area (Å²) in [6.07, 6.45) is 1.51. The van der Waals surface area contributed by atoms with Gasteiger partial charge in [0.25, 0.3) is 0 Å². The van der Waals surface area contributed by atoms with E-state index in [9.17, 15) is 4.79 Å². The van der Waals surface area contributed by atoms with Crippen LogP contribution in [-0.4, -0.2) is 10.2 Å². The first-order valence-corrected chi connectivity index (χ1v) is 4.21. The smallest absolute Gasteiger partial charge is 0.226 e. The Morgan fingerprint density at radius 2 is 2.17 bits per heavy atom.